The Labute approximate surface area is 166 Å². The van der Waals surface area contributed by atoms with Crippen LogP contribution in [0.15, 0.2) is 42.7 Å². The number of benzene rings is 1. The van der Waals surface area contributed by atoms with Crippen LogP contribution < -0.4 is 4.68 Å². The van der Waals surface area contributed by atoms with Gasteiger partial charge in [-0.1, -0.05) is 0 Å². The van der Waals surface area contributed by atoms with Crippen LogP contribution in [0.3, 0.4) is 0 Å². The van der Waals surface area contributed by atoms with E-state index in [1.54, 1.807) is 6.92 Å². The van der Waals surface area contributed by atoms with Crippen LogP contribution in [0.2, 0.25) is 0 Å². The third-order valence-corrected chi connectivity index (χ3v) is 5.32. The summed E-state index contributed by atoms with van der Waals surface area (Å²) in [6.07, 6.45) is -2.74. The molecule has 11 heteroatoms. The average molecular weight is 431 g/mol. The standard InChI is InChI=1S/C19H17F6N4O/c1-11-10-27-14(15-9-26-16(29(11)15)17(2,30)19(23,24)25)7-8-28(27)18(21,22)12-3-5-13(20)6-4-12/h3-9,11,30H,10H2,1-2H3/q+1/t11-,17+/m0/s1. The minimum atomic E-state index is -4.97. The van der Waals surface area contributed by atoms with Crippen LogP contribution >= 0.6 is 0 Å². The molecular formula is C19H17F6N4O+. The van der Waals surface area contributed by atoms with Gasteiger partial charge in [-0.25, -0.2) is 9.37 Å². The van der Waals surface area contributed by atoms with Crippen molar-refractivity contribution in [2.45, 2.75) is 44.3 Å². The van der Waals surface area contributed by atoms with Crippen molar-refractivity contribution < 1.29 is 36.1 Å². The number of hydrogen-bond acceptors (Lipinski definition) is 2. The molecule has 4 rings (SSSR count). The highest BCUT2D eigenvalue weighted by Crippen LogP contribution is 2.42. The molecule has 1 N–H and O–H groups in total. The number of nitrogens with zero attached hydrogens (tertiary/aromatic N) is 4. The van der Waals surface area contributed by atoms with Gasteiger partial charge in [-0.2, -0.15) is 13.2 Å². The van der Waals surface area contributed by atoms with E-state index in [0.717, 1.165) is 36.7 Å². The fourth-order valence-electron chi connectivity index (χ4n) is 3.67. The molecule has 0 fully saturated rings. The number of imidazole rings is 1. The summed E-state index contributed by atoms with van der Waals surface area (Å²) in [4.78, 5) is 3.77. The number of aliphatic hydroxyl groups is 1. The Morgan fingerprint density at radius 2 is 1.70 bits per heavy atom. The van der Waals surface area contributed by atoms with Crippen LogP contribution in [0.5, 0.6) is 0 Å². The third kappa shape index (κ3) is 2.83. The number of aromatic nitrogens is 4. The molecule has 0 aliphatic carbocycles. The summed E-state index contributed by atoms with van der Waals surface area (Å²) in [5.74, 6) is -1.26. The summed E-state index contributed by atoms with van der Waals surface area (Å²) in [5.41, 5.74) is -3.27. The van der Waals surface area contributed by atoms with Crippen LogP contribution in [0, 0.1) is 5.82 Å². The van der Waals surface area contributed by atoms with Crippen LogP contribution in [0.4, 0.5) is 26.3 Å². The summed E-state index contributed by atoms with van der Waals surface area (Å²) in [6.45, 7) is 2.06. The van der Waals surface area contributed by atoms with Gasteiger partial charge in [0.25, 0.3) is 0 Å². The lowest BCUT2D eigenvalue weighted by Gasteiger charge is -2.31. The average Bonchev–Trinajstić information content (AvgIpc) is 3.26. The largest absolute Gasteiger partial charge is 0.511 e. The van der Waals surface area contributed by atoms with Gasteiger partial charge >= 0.3 is 12.2 Å². The first kappa shape index (κ1) is 20.5. The predicted octanol–water partition coefficient (Wildman–Crippen LogP) is 3.72. The quantitative estimate of drug-likeness (QED) is 0.508. The second-order valence-electron chi connectivity index (χ2n) is 7.43. The Morgan fingerprint density at radius 3 is 2.30 bits per heavy atom. The minimum Gasteiger partial charge on any atom is -0.374 e. The molecule has 0 spiro atoms. The van der Waals surface area contributed by atoms with Crippen molar-refractivity contribution in [2.24, 2.45) is 0 Å². The maximum absolute atomic E-state index is 15.1. The fraction of sp³-hybridized carbons (Fsp3) is 0.368. The SMILES string of the molecule is C[C@H]1Cn2c(cc[n+]2C(F)(F)c2ccc(F)cc2)-c2cnc([C@@](C)(O)C(F)(F)F)n21. The Morgan fingerprint density at radius 1 is 1.07 bits per heavy atom. The number of hydrogen-bond donors (Lipinski definition) is 1. The Balaban J connectivity index is 1.83. The van der Waals surface area contributed by atoms with Crippen LogP contribution in [-0.4, -0.2) is 25.5 Å². The highest BCUT2D eigenvalue weighted by molar-refractivity contribution is 5.55. The molecule has 0 saturated heterocycles. The van der Waals surface area contributed by atoms with Gasteiger partial charge in [0.05, 0.1) is 30.0 Å². The molecule has 0 unspecified atom stereocenters. The summed E-state index contributed by atoms with van der Waals surface area (Å²) in [6, 6.07) is 0.882. The highest BCUT2D eigenvalue weighted by atomic mass is 19.4. The van der Waals surface area contributed by atoms with Crippen LogP contribution in [0.25, 0.3) is 11.4 Å². The molecule has 2 atom stereocenters. The van der Waals surface area contributed by atoms with E-state index in [1.807, 2.05) is 0 Å². The molecule has 30 heavy (non-hydrogen) atoms. The van der Waals surface area contributed by atoms with Gasteiger partial charge in [-0.15, -0.1) is 13.5 Å². The van der Waals surface area contributed by atoms with Gasteiger partial charge in [0.1, 0.15) is 11.5 Å². The third-order valence-electron chi connectivity index (χ3n) is 5.32. The number of rotatable bonds is 3. The first-order valence-corrected chi connectivity index (χ1v) is 8.98. The van der Waals surface area contributed by atoms with Crippen LogP contribution in [-0.2, 0) is 18.2 Å². The van der Waals surface area contributed by atoms with Gasteiger partial charge in [0.15, 0.2) is 5.82 Å². The molecule has 1 aliphatic rings. The molecule has 2 aromatic heterocycles. The second-order valence-corrected chi connectivity index (χ2v) is 7.43. The molecule has 5 nitrogen and oxygen atoms in total. The van der Waals surface area contributed by atoms with Gasteiger partial charge in [-0.3, -0.25) is 0 Å². The zero-order valence-electron chi connectivity index (χ0n) is 15.8. The lowest BCUT2D eigenvalue weighted by atomic mass is 10.0. The lowest BCUT2D eigenvalue weighted by molar-refractivity contribution is -0.873. The molecule has 3 aromatic rings. The first-order chi connectivity index (χ1) is 13.9. The molecule has 160 valence electrons. The van der Waals surface area contributed by atoms with Gasteiger partial charge < -0.3 is 9.67 Å². The van der Waals surface area contributed by atoms with E-state index >= 15 is 8.78 Å². The van der Waals surface area contributed by atoms with E-state index in [-0.39, 0.29) is 17.9 Å². The fourth-order valence-corrected chi connectivity index (χ4v) is 3.67. The van der Waals surface area contributed by atoms with Crippen molar-refractivity contribution >= 4 is 0 Å². The molecule has 0 saturated carbocycles. The van der Waals surface area contributed by atoms with E-state index in [4.69, 9.17) is 0 Å². The van der Waals surface area contributed by atoms with E-state index in [9.17, 15) is 22.7 Å². The molecule has 1 aliphatic heterocycles. The Bertz CT molecular complexity index is 1100. The molecule has 3 heterocycles. The lowest BCUT2D eigenvalue weighted by Crippen LogP contribution is -2.58. The van der Waals surface area contributed by atoms with E-state index in [0.29, 0.717) is 11.6 Å². The van der Waals surface area contributed by atoms with E-state index in [1.165, 1.54) is 15.3 Å². The van der Waals surface area contributed by atoms with E-state index < -0.39 is 41.1 Å². The maximum Gasteiger partial charge on any atom is 0.511 e. The molecular weight excluding hydrogens is 414 g/mol. The first-order valence-electron chi connectivity index (χ1n) is 8.98. The van der Waals surface area contributed by atoms with E-state index in [2.05, 4.69) is 4.98 Å². The normalized spacial score (nSPS) is 18.6. The summed E-state index contributed by atoms with van der Waals surface area (Å²) in [5, 5.41) is 10.1. The molecule has 0 radical (unpaired) electrons. The minimum absolute atomic E-state index is 0.0938. The van der Waals surface area contributed by atoms with Gasteiger partial charge in [-0.05, 0) is 42.8 Å². The zero-order chi connectivity index (χ0) is 22.1. The highest BCUT2D eigenvalue weighted by Gasteiger charge is 2.55. The predicted molar refractivity (Wildman–Crippen MR) is 91.9 cm³/mol. The molecule has 0 bridgehead atoms. The van der Waals surface area contributed by atoms with Crippen molar-refractivity contribution in [3.63, 3.8) is 0 Å². The second kappa shape index (κ2) is 6.34. The zero-order valence-corrected chi connectivity index (χ0v) is 15.8. The molecule has 1 aromatic carbocycles. The number of fused-ring (bicyclic) bond motifs is 3. The van der Waals surface area contributed by atoms with Gasteiger partial charge in [0.2, 0.25) is 11.8 Å². The van der Waals surface area contributed by atoms with Crippen molar-refractivity contribution in [3.05, 3.63) is 59.9 Å². The Kier molecular flexibility index (Phi) is 4.32. The Hall–Kier alpha value is -2.82. The van der Waals surface area contributed by atoms with Crippen molar-refractivity contribution in [2.75, 3.05) is 0 Å². The smallest absolute Gasteiger partial charge is 0.374 e. The summed E-state index contributed by atoms with van der Waals surface area (Å²) < 4.78 is 86.4. The maximum atomic E-state index is 15.1. The van der Waals surface area contributed by atoms with Crippen molar-refractivity contribution in [1.82, 2.24) is 14.2 Å². The monoisotopic (exact) mass is 431 g/mol. The topological polar surface area (TPSA) is 46.9 Å². The van der Waals surface area contributed by atoms with Gasteiger partial charge in [0, 0.05) is 6.07 Å². The molecule has 0 amide bonds. The summed E-state index contributed by atoms with van der Waals surface area (Å²) in [7, 11) is 0. The summed E-state index contributed by atoms with van der Waals surface area (Å²) >= 11 is 0. The van der Waals surface area contributed by atoms with Crippen LogP contribution in [0.1, 0.15) is 31.3 Å². The number of halogens is 6. The number of alkyl halides is 5. The van der Waals surface area contributed by atoms with Crippen molar-refractivity contribution in [3.8, 4) is 11.4 Å². The van der Waals surface area contributed by atoms with Crippen molar-refractivity contribution in [1.29, 1.82) is 0 Å².